The fourth-order valence-electron chi connectivity index (χ4n) is 3.84. The molecule has 1 aromatic carbocycles. The molecular weight excluding hydrogens is 336 g/mol. The lowest BCUT2D eigenvalue weighted by Gasteiger charge is -2.35. The Bertz CT molecular complexity index is 694. The van der Waals surface area contributed by atoms with Crippen LogP contribution in [-0.2, 0) is 14.8 Å². The molecule has 5 nitrogen and oxygen atoms in total. The van der Waals surface area contributed by atoms with E-state index in [1.807, 2.05) is 6.92 Å². The molecule has 2 aliphatic rings. The Labute approximate surface area is 150 Å². The maximum atomic E-state index is 13.1. The van der Waals surface area contributed by atoms with E-state index >= 15 is 0 Å². The molecule has 0 radical (unpaired) electrons. The molecule has 1 amide bonds. The van der Waals surface area contributed by atoms with E-state index in [1.165, 1.54) is 10.7 Å². The fraction of sp³-hybridized carbons (Fsp3) is 0.632. The third kappa shape index (κ3) is 4.23. The summed E-state index contributed by atoms with van der Waals surface area (Å²) in [6.45, 7) is 2.34. The van der Waals surface area contributed by atoms with Crippen molar-refractivity contribution >= 4 is 15.9 Å². The van der Waals surface area contributed by atoms with Gasteiger partial charge in [0.25, 0.3) is 0 Å². The third-order valence-electron chi connectivity index (χ3n) is 5.34. The summed E-state index contributed by atoms with van der Waals surface area (Å²) in [5.74, 6) is -0.123. The van der Waals surface area contributed by atoms with Crippen LogP contribution in [0.3, 0.4) is 0 Å². The monoisotopic (exact) mass is 364 g/mol. The van der Waals surface area contributed by atoms with Gasteiger partial charge in [0, 0.05) is 12.6 Å². The van der Waals surface area contributed by atoms with Crippen LogP contribution < -0.4 is 5.32 Å². The summed E-state index contributed by atoms with van der Waals surface area (Å²) in [5.41, 5.74) is 1.02. The van der Waals surface area contributed by atoms with Crippen LogP contribution in [0.25, 0.3) is 0 Å². The van der Waals surface area contributed by atoms with Crippen LogP contribution in [-0.4, -0.2) is 37.3 Å². The first kappa shape index (κ1) is 18.4. The van der Waals surface area contributed by atoms with Crippen LogP contribution in [0.15, 0.2) is 29.2 Å². The number of carbonyl (C=O) groups excluding carboxylic acids is 1. The molecule has 25 heavy (non-hydrogen) atoms. The zero-order valence-corrected chi connectivity index (χ0v) is 15.7. The van der Waals surface area contributed by atoms with Gasteiger partial charge in [-0.05, 0) is 44.7 Å². The summed E-state index contributed by atoms with van der Waals surface area (Å²) in [5, 5.41) is 3.11. The summed E-state index contributed by atoms with van der Waals surface area (Å²) in [7, 11) is -3.64. The molecule has 0 spiro atoms. The van der Waals surface area contributed by atoms with Crippen LogP contribution in [0, 0.1) is 6.92 Å². The number of nitrogens with one attached hydrogen (secondary N) is 1. The zero-order chi connectivity index (χ0) is 17.9. The van der Waals surface area contributed by atoms with E-state index in [4.69, 9.17) is 0 Å². The SMILES string of the molecule is Cc1ccc(S(=O)(=O)N2CCCC[C@H]2C(=O)NC2CCCCC2)cc1. The predicted octanol–water partition coefficient (Wildman–Crippen LogP) is 2.99. The standard InChI is InChI=1S/C19H28N2O3S/c1-15-10-12-17(13-11-15)25(23,24)21-14-6-5-9-18(21)19(22)20-16-7-3-2-4-8-16/h10-13,16,18H,2-9,14H2,1H3,(H,20,22)/t18-/m0/s1. The number of amides is 1. The number of sulfonamides is 1. The largest absolute Gasteiger partial charge is 0.352 e. The first-order chi connectivity index (χ1) is 12.0. The maximum absolute atomic E-state index is 13.1. The first-order valence-corrected chi connectivity index (χ1v) is 10.8. The van der Waals surface area contributed by atoms with Crippen molar-refractivity contribution in [2.24, 2.45) is 0 Å². The van der Waals surface area contributed by atoms with Gasteiger partial charge in [-0.2, -0.15) is 4.31 Å². The summed E-state index contributed by atoms with van der Waals surface area (Å²) >= 11 is 0. The summed E-state index contributed by atoms with van der Waals surface area (Å²) in [6, 6.07) is 6.49. The molecule has 3 rings (SSSR count). The second kappa shape index (κ2) is 7.87. The summed E-state index contributed by atoms with van der Waals surface area (Å²) < 4.78 is 27.5. The third-order valence-corrected chi connectivity index (χ3v) is 7.26. The van der Waals surface area contributed by atoms with Crippen molar-refractivity contribution in [2.45, 2.75) is 75.3 Å². The molecule has 6 heteroatoms. The number of aryl methyl sites for hydroxylation is 1. The molecule has 1 saturated carbocycles. The Morgan fingerprint density at radius 3 is 2.32 bits per heavy atom. The normalized spacial score (nSPS) is 23.3. The average molecular weight is 365 g/mol. The summed E-state index contributed by atoms with van der Waals surface area (Å²) in [4.78, 5) is 13.1. The number of rotatable bonds is 4. The van der Waals surface area contributed by atoms with Crippen molar-refractivity contribution in [3.8, 4) is 0 Å². The Kier molecular flexibility index (Phi) is 5.79. The highest BCUT2D eigenvalue weighted by Gasteiger charge is 2.38. The number of carbonyl (C=O) groups is 1. The van der Waals surface area contributed by atoms with Gasteiger partial charge in [0.05, 0.1) is 4.90 Å². The van der Waals surface area contributed by atoms with Crippen molar-refractivity contribution in [1.29, 1.82) is 0 Å². The highest BCUT2D eigenvalue weighted by Crippen LogP contribution is 2.26. The molecule has 0 aromatic heterocycles. The number of hydrogen-bond donors (Lipinski definition) is 1. The molecular formula is C19H28N2O3S. The topological polar surface area (TPSA) is 66.5 Å². The molecule has 1 saturated heterocycles. The van der Waals surface area contributed by atoms with Gasteiger partial charge in [-0.15, -0.1) is 0 Å². The van der Waals surface area contributed by atoms with Gasteiger partial charge in [0.1, 0.15) is 6.04 Å². The number of nitrogens with zero attached hydrogens (tertiary/aromatic N) is 1. The Morgan fingerprint density at radius 2 is 1.64 bits per heavy atom. The van der Waals surface area contributed by atoms with Crippen molar-refractivity contribution in [3.05, 3.63) is 29.8 Å². The van der Waals surface area contributed by atoms with E-state index in [2.05, 4.69) is 5.32 Å². The van der Waals surface area contributed by atoms with Crippen LogP contribution in [0.1, 0.15) is 56.9 Å². The minimum Gasteiger partial charge on any atom is -0.352 e. The van der Waals surface area contributed by atoms with Crippen molar-refractivity contribution in [2.75, 3.05) is 6.54 Å². The molecule has 138 valence electrons. The summed E-state index contributed by atoms with van der Waals surface area (Å²) in [6.07, 6.45) is 7.81. The lowest BCUT2D eigenvalue weighted by Crippen LogP contribution is -2.53. The molecule has 1 aromatic rings. The molecule has 1 N–H and O–H groups in total. The van der Waals surface area contributed by atoms with E-state index in [0.717, 1.165) is 44.1 Å². The van der Waals surface area contributed by atoms with Crippen LogP contribution in [0.4, 0.5) is 0 Å². The maximum Gasteiger partial charge on any atom is 0.243 e. The minimum atomic E-state index is -3.64. The van der Waals surface area contributed by atoms with Crippen LogP contribution in [0.5, 0.6) is 0 Å². The van der Waals surface area contributed by atoms with Crippen LogP contribution >= 0.6 is 0 Å². The molecule has 1 atom stereocenters. The van der Waals surface area contributed by atoms with Gasteiger partial charge in [0.15, 0.2) is 0 Å². The second-order valence-corrected chi connectivity index (χ2v) is 9.17. The van der Waals surface area contributed by atoms with Gasteiger partial charge >= 0.3 is 0 Å². The molecule has 0 bridgehead atoms. The Balaban J connectivity index is 1.77. The quantitative estimate of drug-likeness (QED) is 0.893. The van der Waals surface area contributed by atoms with Crippen molar-refractivity contribution in [1.82, 2.24) is 9.62 Å². The molecule has 1 aliphatic heterocycles. The van der Waals surface area contributed by atoms with Gasteiger partial charge in [-0.3, -0.25) is 4.79 Å². The van der Waals surface area contributed by atoms with E-state index in [0.29, 0.717) is 13.0 Å². The van der Waals surface area contributed by atoms with Gasteiger partial charge in [0.2, 0.25) is 15.9 Å². The van der Waals surface area contributed by atoms with E-state index in [9.17, 15) is 13.2 Å². The fourth-order valence-corrected chi connectivity index (χ4v) is 5.50. The Hall–Kier alpha value is -1.40. The molecule has 1 heterocycles. The highest BCUT2D eigenvalue weighted by atomic mass is 32.2. The first-order valence-electron chi connectivity index (χ1n) is 9.37. The van der Waals surface area contributed by atoms with Crippen LogP contribution in [0.2, 0.25) is 0 Å². The number of piperidine rings is 1. The Morgan fingerprint density at radius 1 is 1.00 bits per heavy atom. The van der Waals surface area contributed by atoms with Crippen molar-refractivity contribution in [3.63, 3.8) is 0 Å². The van der Waals surface area contributed by atoms with Gasteiger partial charge < -0.3 is 5.32 Å². The van der Waals surface area contributed by atoms with Crippen molar-refractivity contribution < 1.29 is 13.2 Å². The predicted molar refractivity (Wildman–Crippen MR) is 97.7 cm³/mol. The molecule has 0 unspecified atom stereocenters. The number of hydrogen-bond acceptors (Lipinski definition) is 3. The van der Waals surface area contributed by atoms with E-state index in [1.54, 1.807) is 24.3 Å². The smallest absolute Gasteiger partial charge is 0.243 e. The zero-order valence-electron chi connectivity index (χ0n) is 14.9. The average Bonchev–Trinajstić information content (AvgIpc) is 2.63. The second-order valence-electron chi connectivity index (χ2n) is 7.28. The number of benzene rings is 1. The van der Waals surface area contributed by atoms with E-state index < -0.39 is 16.1 Å². The van der Waals surface area contributed by atoms with Gasteiger partial charge in [-0.25, -0.2) is 8.42 Å². The lowest BCUT2D eigenvalue weighted by molar-refractivity contribution is -0.126. The molecule has 1 aliphatic carbocycles. The molecule has 2 fully saturated rings. The minimum absolute atomic E-state index is 0.123. The lowest BCUT2D eigenvalue weighted by atomic mass is 9.95. The van der Waals surface area contributed by atoms with E-state index in [-0.39, 0.29) is 16.8 Å². The van der Waals surface area contributed by atoms with Gasteiger partial charge in [-0.1, -0.05) is 43.4 Å². The highest BCUT2D eigenvalue weighted by molar-refractivity contribution is 7.89.